The molecule has 0 aliphatic rings. The summed E-state index contributed by atoms with van der Waals surface area (Å²) < 4.78 is 19.6. The maximum Gasteiger partial charge on any atom is 0.332 e. The minimum Gasteiger partial charge on any atom is -0.464 e. The molecule has 0 aliphatic heterocycles. The first-order valence-corrected chi connectivity index (χ1v) is 5.60. The van der Waals surface area contributed by atoms with Crippen LogP contribution in [-0.4, -0.2) is 51.1 Å². The Morgan fingerprint density at radius 3 is 2.06 bits per heavy atom. The van der Waals surface area contributed by atoms with Gasteiger partial charge in [0.15, 0.2) is 0 Å². The zero-order valence-electron chi connectivity index (χ0n) is 10.6. The second kappa shape index (κ2) is 10.0. The lowest BCUT2D eigenvalue weighted by Crippen LogP contribution is -2.23. The average Bonchev–Trinajstić information content (AvgIpc) is 2.27. The molecule has 0 spiro atoms. The van der Waals surface area contributed by atoms with Crippen LogP contribution in [0, 0.1) is 0 Å². The third-order valence-corrected chi connectivity index (χ3v) is 1.67. The average molecular weight is 248 g/mol. The number of carbonyl (C=O) groups excluding carboxylic acids is 2. The summed E-state index contributed by atoms with van der Waals surface area (Å²) in [5.41, 5.74) is 0. The molecule has 6 heteroatoms. The Balaban J connectivity index is 3.49. The van der Waals surface area contributed by atoms with E-state index in [1.807, 2.05) is 0 Å². The molecule has 0 unspecified atom stereocenters. The van der Waals surface area contributed by atoms with Gasteiger partial charge in [0, 0.05) is 0 Å². The number of esters is 2. The minimum atomic E-state index is -0.412. The second-order valence-electron chi connectivity index (χ2n) is 3.25. The summed E-state index contributed by atoms with van der Waals surface area (Å²) >= 11 is 0. The van der Waals surface area contributed by atoms with Gasteiger partial charge in [0.2, 0.25) is 0 Å². The molecule has 0 saturated carbocycles. The minimum absolute atomic E-state index is 0.110. The first-order valence-electron chi connectivity index (χ1n) is 5.60. The molecule has 0 aromatic rings. The highest BCUT2D eigenvalue weighted by Gasteiger charge is 2.09. The smallest absolute Gasteiger partial charge is 0.332 e. The summed E-state index contributed by atoms with van der Waals surface area (Å²) in [5.74, 6) is -0.824. The summed E-state index contributed by atoms with van der Waals surface area (Å²) in [7, 11) is 0. The normalized spacial score (nSPS) is 11.9. The quantitative estimate of drug-likeness (QED) is 0.554. The Hall–Kier alpha value is -1.14. The van der Waals surface area contributed by atoms with Crippen LogP contribution in [0.1, 0.15) is 20.8 Å². The van der Waals surface area contributed by atoms with Crippen molar-refractivity contribution in [2.45, 2.75) is 26.9 Å². The molecule has 0 fully saturated rings. The van der Waals surface area contributed by atoms with E-state index in [4.69, 9.17) is 9.47 Å². The predicted octanol–water partition coefficient (Wildman–Crippen LogP) is 0.534. The molecule has 6 nitrogen and oxygen atoms in total. The van der Waals surface area contributed by atoms with Crippen LogP contribution in [0.3, 0.4) is 0 Å². The summed E-state index contributed by atoms with van der Waals surface area (Å²) in [6.45, 7) is 5.85. The SMILES string of the molecule is CCOC(=O)COC[C@H](C)OCC(=O)OCC. The molecular weight excluding hydrogens is 228 g/mol. The van der Waals surface area contributed by atoms with E-state index in [-0.39, 0.29) is 25.9 Å². The van der Waals surface area contributed by atoms with Crippen molar-refractivity contribution in [3.05, 3.63) is 0 Å². The van der Waals surface area contributed by atoms with Gasteiger partial charge in [-0.1, -0.05) is 0 Å². The summed E-state index contributed by atoms with van der Waals surface area (Å²) in [5, 5.41) is 0. The van der Waals surface area contributed by atoms with Gasteiger partial charge in [-0.2, -0.15) is 0 Å². The third kappa shape index (κ3) is 9.77. The molecule has 0 rings (SSSR count). The fourth-order valence-corrected chi connectivity index (χ4v) is 0.972. The molecule has 0 saturated heterocycles. The van der Waals surface area contributed by atoms with Crippen LogP contribution >= 0.6 is 0 Å². The van der Waals surface area contributed by atoms with E-state index in [0.29, 0.717) is 13.2 Å². The molecule has 0 aliphatic carbocycles. The maximum atomic E-state index is 11.0. The highest BCUT2D eigenvalue weighted by molar-refractivity contribution is 5.71. The highest BCUT2D eigenvalue weighted by Crippen LogP contribution is 1.94. The van der Waals surface area contributed by atoms with Crippen LogP contribution in [-0.2, 0) is 28.5 Å². The molecule has 100 valence electrons. The number of carbonyl (C=O) groups is 2. The van der Waals surface area contributed by atoms with Crippen molar-refractivity contribution in [3.63, 3.8) is 0 Å². The predicted molar refractivity (Wildman–Crippen MR) is 59.5 cm³/mol. The van der Waals surface area contributed by atoms with Gasteiger partial charge in [-0.25, -0.2) is 9.59 Å². The third-order valence-electron chi connectivity index (χ3n) is 1.67. The molecule has 0 heterocycles. The Labute approximate surface area is 101 Å². The maximum absolute atomic E-state index is 11.0. The molecule has 0 radical (unpaired) electrons. The molecule has 0 aromatic carbocycles. The van der Waals surface area contributed by atoms with Crippen molar-refractivity contribution in [3.8, 4) is 0 Å². The van der Waals surface area contributed by atoms with Gasteiger partial charge in [-0.3, -0.25) is 0 Å². The van der Waals surface area contributed by atoms with Gasteiger partial charge >= 0.3 is 11.9 Å². The standard InChI is InChI=1S/C11H20O6/c1-4-15-10(12)7-14-6-9(3)17-8-11(13)16-5-2/h9H,4-8H2,1-3H3/t9-/m0/s1. The molecule has 0 bridgehead atoms. The van der Waals surface area contributed by atoms with E-state index in [9.17, 15) is 9.59 Å². The highest BCUT2D eigenvalue weighted by atomic mass is 16.6. The van der Waals surface area contributed by atoms with Crippen LogP contribution in [0.25, 0.3) is 0 Å². The topological polar surface area (TPSA) is 71.1 Å². The molecular formula is C11H20O6. The molecule has 17 heavy (non-hydrogen) atoms. The Morgan fingerprint density at radius 1 is 1.00 bits per heavy atom. The van der Waals surface area contributed by atoms with Crippen LogP contribution in [0.4, 0.5) is 0 Å². The molecule has 1 atom stereocenters. The number of rotatable bonds is 9. The van der Waals surface area contributed by atoms with Gasteiger partial charge < -0.3 is 18.9 Å². The summed E-state index contributed by atoms with van der Waals surface area (Å²) in [6.07, 6.45) is -0.283. The zero-order valence-corrected chi connectivity index (χ0v) is 10.6. The van der Waals surface area contributed by atoms with Gasteiger partial charge in [-0.15, -0.1) is 0 Å². The molecule has 0 aromatic heterocycles. The van der Waals surface area contributed by atoms with E-state index in [1.165, 1.54) is 0 Å². The van der Waals surface area contributed by atoms with Crippen molar-refractivity contribution in [1.29, 1.82) is 0 Å². The van der Waals surface area contributed by atoms with Crippen molar-refractivity contribution >= 4 is 11.9 Å². The van der Waals surface area contributed by atoms with E-state index in [1.54, 1.807) is 20.8 Å². The van der Waals surface area contributed by atoms with Gasteiger partial charge in [0.05, 0.1) is 25.9 Å². The van der Waals surface area contributed by atoms with Gasteiger partial charge in [0.25, 0.3) is 0 Å². The van der Waals surface area contributed by atoms with Gasteiger partial charge in [0.1, 0.15) is 13.2 Å². The molecule has 0 amide bonds. The second-order valence-corrected chi connectivity index (χ2v) is 3.25. The Morgan fingerprint density at radius 2 is 1.53 bits per heavy atom. The van der Waals surface area contributed by atoms with Crippen LogP contribution < -0.4 is 0 Å². The fourth-order valence-electron chi connectivity index (χ4n) is 0.972. The monoisotopic (exact) mass is 248 g/mol. The number of hydrogen-bond donors (Lipinski definition) is 0. The lowest BCUT2D eigenvalue weighted by Gasteiger charge is -2.12. The van der Waals surface area contributed by atoms with Crippen molar-refractivity contribution in [2.75, 3.05) is 33.0 Å². The van der Waals surface area contributed by atoms with E-state index in [2.05, 4.69) is 9.47 Å². The molecule has 0 N–H and O–H groups in total. The van der Waals surface area contributed by atoms with E-state index < -0.39 is 11.9 Å². The fraction of sp³-hybridized carbons (Fsp3) is 0.818. The largest absolute Gasteiger partial charge is 0.464 e. The van der Waals surface area contributed by atoms with Crippen molar-refractivity contribution in [2.24, 2.45) is 0 Å². The summed E-state index contributed by atoms with van der Waals surface area (Å²) in [4.78, 5) is 21.9. The van der Waals surface area contributed by atoms with E-state index in [0.717, 1.165) is 0 Å². The van der Waals surface area contributed by atoms with E-state index >= 15 is 0 Å². The van der Waals surface area contributed by atoms with Crippen molar-refractivity contribution in [1.82, 2.24) is 0 Å². The van der Waals surface area contributed by atoms with Crippen LogP contribution in [0.2, 0.25) is 0 Å². The Kier molecular flexibility index (Phi) is 9.37. The lowest BCUT2D eigenvalue weighted by molar-refractivity contribution is -0.155. The first-order chi connectivity index (χ1) is 8.10. The number of hydrogen-bond acceptors (Lipinski definition) is 6. The van der Waals surface area contributed by atoms with Crippen LogP contribution in [0.15, 0.2) is 0 Å². The zero-order chi connectivity index (χ0) is 13.1. The van der Waals surface area contributed by atoms with Crippen LogP contribution in [0.5, 0.6) is 0 Å². The Bertz CT molecular complexity index is 228. The summed E-state index contributed by atoms with van der Waals surface area (Å²) in [6, 6.07) is 0. The lowest BCUT2D eigenvalue weighted by atomic mass is 10.4. The van der Waals surface area contributed by atoms with Gasteiger partial charge in [-0.05, 0) is 20.8 Å². The number of ether oxygens (including phenoxy) is 4. The van der Waals surface area contributed by atoms with Crippen molar-refractivity contribution < 1.29 is 28.5 Å². The first kappa shape index (κ1) is 15.9.